The first-order valence-electron chi connectivity index (χ1n) is 6.94. The highest BCUT2D eigenvalue weighted by Gasteiger charge is 2.19. The van der Waals surface area contributed by atoms with Crippen molar-refractivity contribution in [3.63, 3.8) is 0 Å². The SMILES string of the molecule is c1cc(CNC2CC2)cc(CN2CCCC2)c1. The summed E-state index contributed by atoms with van der Waals surface area (Å²) < 4.78 is 0. The third-order valence-corrected chi connectivity index (χ3v) is 3.77. The number of likely N-dealkylation sites (tertiary alicyclic amines) is 1. The number of rotatable bonds is 5. The topological polar surface area (TPSA) is 15.3 Å². The van der Waals surface area contributed by atoms with Gasteiger partial charge in [0.2, 0.25) is 0 Å². The van der Waals surface area contributed by atoms with Crippen LogP contribution in [-0.2, 0) is 13.1 Å². The Kier molecular flexibility index (Phi) is 3.44. The van der Waals surface area contributed by atoms with E-state index in [1.807, 2.05) is 0 Å². The molecule has 2 aliphatic rings. The van der Waals surface area contributed by atoms with Crippen molar-refractivity contribution in [1.29, 1.82) is 0 Å². The predicted molar refractivity (Wildman–Crippen MR) is 70.8 cm³/mol. The zero-order valence-corrected chi connectivity index (χ0v) is 10.5. The van der Waals surface area contributed by atoms with Gasteiger partial charge in [-0.2, -0.15) is 0 Å². The summed E-state index contributed by atoms with van der Waals surface area (Å²) in [6.07, 6.45) is 5.49. The van der Waals surface area contributed by atoms with Crippen LogP contribution in [0.3, 0.4) is 0 Å². The molecule has 2 fully saturated rings. The molecule has 1 aliphatic heterocycles. The van der Waals surface area contributed by atoms with Gasteiger partial charge >= 0.3 is 0 Å². The van der Waals surface area contributed by atoms with E-state index in [4.69, 9.17) is 0 Å². The molecule has 2 nitrogen and oxygen atoms in total. The molecule has 0 radical (unpaired) electrons. The van der Waals surface area contributed by atoms with Gasteiger partial charge in [-0.3, -0.25) is 4.90 Å². The fourth-order valence-corrected chi connectivity index (χ4v) is 2.59. The minimum Gasteiger partial charge on any atom is -0.310 e. The monoisotopic (exact) mass is 230 g/mol. The highest BCUT2D eigenvalue weighted by atomic mass is 15.1. The van der Waals surface area contributed by atoms with E-state index in [2.05, 4.69) is 34.5 Å². The largest absolute Gasteiger partial charge is 0.310 e. The summed E-state index contributed by atoms with van der Waals surface area (Å²) in [5, 5.41) is 3.58. The summed E-state index contributed by atoms with van der Waals surface area (Å²) in [7, 11) is 0. The van der Waals surface area contributed by atoms with Crippen LogP contribution in [0.5, 0.6) is 0 Å². The van der Waals surface area contributed by atoms with E-state index in [1.165, 1.54) is 49.9 Å². The van der Waals surface area contributed by atoms with Crippen molar-refractivity contribution in [2.75, 3.05) is 13.1 Å². The first-order chi connectivity index (χ1) is 8.40. The lowest BCUT2D eigenvalue weighted by Gasteiger charge is -2.15. The number of hydrogen-bond acceptors (Lipinski definition) is 2. The van der Waals surface area contributed by atoms with Gasteiger partial charge in [-0.05, 0) is 49.9 Å². The van der Waals surface area contributed by atoms with E-state index < -0.39 is 0 Å². The minimum atomic E-state index is 0.803. The van der Waals surface area contributed by atoms with Gasteiger partial charge in [-0.1, -0.05) is 24.3 Å². The number of hydrogen-bond donors (Lipinski definition) is 1. The number of nitrogens with zero attached hydrogens (tertiary/aromatic N) is 1. The second-order valence-corrected chi connectivity index (χ2v) is 5.46. The molecule has 0 amide bonds. The van der Waals surface area contributed by atoms with Crippen LogP contribution in [-0.4, -0.2) is 24.0 Å². The molecular formula is C15H22N2. The molecule has 0 unspecified atom stereocenters. The van der Waals surface area contributed by atoms with Gasteiger partial charge in [-0.25, -0.2) is 0 Å². The lowest BCUT2D eigenvalue weighted by Crippen LogP contribution is -2.19. The zero-order valence-electron chi connectivity index (χ0n) is 10.5. The average Bonchev–Trinajstić information content (AvgIpc) is 3.05. The Hall–Kier alpha value is -0.860. The molecule has 1 heterocycles. The molecule has 3 rings (SSSR count). The minimum absolute atomic E-state index is 0.803. The highest BCUT2D eigenvalue weighted by Crippen LogP contribution is 2.19. The molecule has 92 valence electrons. The van der Waals surface area contributed by atoms with Gasteiger partial charge < -0.3 is 5.32 Å². The van der Waals surface area contributed by atoms with Gasteiger partial charge in [0.15, 0.2) is 0 Å². The fraction of sp³-hybridized carbons (Fsp3) is 0.600. The maximum Gasteiger partial charge on any atom is 0.0233 e. The van der Waals surface area contributed by atoms with Crippen molar-refractivity contribution in [3.05, 3.63) is 35.4 Å². The summed E-state index contributed by atoms with van der Waals surface area (Å²) in [5.41, 5.74) is 2.91. The normalized spacial score (nSPS) is 20.9. The van der Waals surface area contributed by atoms with Crippen LogP contribution in [0.4, 0.5) is 0 Å². The van der Waals surface area contributed by atoms with E-state index in [0.29, 0.717) is 0 Å². The van der Waals surface area contributed by atoms with Gasteiger partial charge in [0.05, 0.1) is 0 Å². The van der Waals surface area contributed by atoms with Crippen LogP contribution in [0.1, 0.15) is 36.8 Å². The van der Waals surface area contributed by atoms with E-state index in [-0.39, 0.29) is 0 Å². The molecular weight excluding hydrogens is 208 g/mol. The third-order valence-electron chi connectivity index (χ3n) is 3.77. The molecule has 0 aromatic heterocycles. The van der Waals surface area contributed by atoms with Crippen molar-refractivity contribution in [3.8, 4) is 0 Å². The van der Waals surface area contributed by atoms with E-state index >= 15 is 0 Å². The zero-order chi connectivity index (χ0) is 11.5. The van der Waals surface area contributed by atoms with Crippen molar-refractivity contribution in [2.45, 2.75) is 44.8 Å². The molecule has 1 saturated heterocycles. The lowest BCUT2D eigenvalue weighted by atomic mass is 10.1. The van der Waals surface area contributed by atoms with Crippen LogP contribution in [0, 0.1) is 0 Å². The van der Waals surface area contributed by atoms with Crippen LogP contribution in [0.2, 0.25) is 0 Å². The average molecular weight is 230 g/mol. The Bertz CT molecular complexity index is 365. The molecule has 1 N–H and O–H groups in total. The quantitative estimate of drug-likeness (QED) is 0.836. The van der Waals surface area contributed by atoms with Gasteiger partial charge in [0.1, 0.15) is 0 Å². The Morgan fingerprint density at radius 1 is 1.12 bits per heavy atom. The summed E-state index contributed by atoms with van der Waals surface area (Å²) in [5.74, 6) is 0. The van der Waals surface area contributed by atoms with E-state index in [0.717, 1.165) is 19.1 Å². The van der Waals surface area contributed by atoms with Gasteiger partial charge in [0, 0.05) is 19.1 Å². The van der Waals surface area contributed by atoms with Gasteiger partial charge in [0.25, 0.3) is 0 Å². The first kappa shape index (κ1) is 11.2. The first-order valence-corrected chi connectivity index (χ1v) is 6.94. The Morgan fingerprint density at radius 2 is 1.88 bits per heavy atom. The summed E-state index contributed by atoms with van der Waals surface area (Å²) in [6.45, 7) is 4.74. The van der Waals surface area contributed by atoms with Crippen molar-refractivity contribution < 1.29 is 0 Å². The Labute approximate surface area is 104 Å². The second-order valence-electron chi connectivity index (χ2n) is 5.46. The smallest absolute Gasteiger partial charge is 0.0233 e. The third kappa shape index (κ3) is 3.30. The predicted octanol–water partition coefficient (Wildman–Crippen LogP) is 2.53. The van der Waals surface area contributed by atoms with Crippen molar-refractivity contribution in [2.24, 2.45) is 0 Å². The molecule has 0 atom stereocenters. The molecule has 2 heteroatoms. The number of nitrogens with one attached hydrogen (secondary N) is 1. The standard InChI is InChI=1S/C15H22N2/c1-2-9-17(8-1)12-14-5-3-4-13(10-14)11-16-15-6-7-15/h3-5,10,15-16H,1-2,6-9,11-12H2. The molecule has 1 saturated carbocycles. The lowest BCUT2D eigenvalue weighted by molar-refractivity contribution is 0.331. The molecule has 1 aromatic rings. The van der Waals surface area contributed by atoms with E-state index in [1.54, 1.807) is 0 Å². The fourth-order valence-electron chi connectivity index (χ4n) is 2.59. The van der Waals surface area contributed by atoms with Crippen LogP contribution in [0.25, 0.3) is 0 Å². The molecule has 1 aliphatic carbocycles. The van der Waals surface area contributed by atoms with Crippen molar-refractivity contribution in [1.82, 2.24) is 10.2 Å². The van der Waals surface area contributed by atoms with E-state index in [9.17, 15) is 0 Å². The molecule has 1 aromatic carbocycles. The maximum atomic E-state index is 3.58. The molecule has 0 spiro atoms. The summed E-state index contributed by atoms with van der Waals surface area (Å²) in [4.78, 5) is 2.56. The number of benzene rings is 1. The van der Waals surface area contributed by atoms with Crippen molar-refractivity contribution >= 4 is 0 Å². The molecule has 17 heavy (non-hydrogen) atoms. The summed E-state index contributed by atoms with van der Waals surface area (Å²) in [6, 6.07) is 9.88. The maximum absolute atomic E-state index is 3.58. The Balaban J connectivity index is 1.56. The highest BCUT2D eigenvalue weighted by molar-refractivity contribution is 5.23. The Morgan fingerprint density at radius 3 is 2.65 bits per heavy atom. The van der Waals surface area contributed by atoms with Crippen LogP contribution in [0.15, 0.2) is 24.3 Å². The van der Waals surface area contributed by atoms with Crippen LogP contribution >= 0.6 is 0 Å². The van der Waals surface area contributed by atoms with Crippen LogP contribution < -0.4 is 5.32 Å². The summed E-state index contributed by atoms with van der Waals surface area (Å²) >= 11 is 0. The molecule has 0 bridgehead atoms. The van der Waals surface area contributed by atoms with Gasteiger partial charge in [-0.15, -0.1) is 0 Å². The second kappa shape index (κ2) is 5.19.